The maximum atomic E-state index is 13.7. The molecule has 156 valence electrons. The first kappa shape index (κ1) is 20.0. The van der Waals surface area contributed by atoms with Crippen LogP contribution in [0.15, 0.2) is 34.2 Å². The van der Waals surface area contributed by atoms with E-state index in [1.807, 2.05) is 16.5 Å². The van der Waals surface area contributed by atoms with Crippen molar-refractivity contribution in [2.45, 2.75) is 18.1 Å². The standard InChI is InChI=1S/C20H20ClN5O2S2/c1-24-7-6-14-15(11-24)30-18-16(14)17(27)25(13-5-3-4-12(21)10-13)19-22-23-20(26(18)19)29-9-8-28-2/h3-5,10H,6-9,11H2,1-2H3. The summed E-state index contributed by atoms with van der Waals surface area (Å²) in [6.07, 6.45) is 0.858. The quantitative estimate of drug-likeness (QED) is 0.335. The minimum Gasteiger partial charge on any atom is -0.384 e. The molecule has 30 heavy (non-hydrogen) atoms. The van der Waals surface area contributed by atoms with E-state index in [4.69, 9.17) is 16.3 Å². The van der Waals surface area contributed by atoms with Crippen molar-refractivity contribution >= 4 is 50.7 Å². The molecule has 0 fully saturated rings. The molecule has 5 rings (SSSR count). The van der Waals surface area contributed by atoms with Gasteiger partial charge in [0.25, 0.3) is 5.56 Å². The van der Waals surface area contributed by atoms with Crippen LogP contribution in [0, 0.1) is 0 Å². The Kier molecular flexibility index (Phi) is 5.32. The molecular weight excluding hydrogens is 442 g/mol. The van der Waals surface area contributed by atoms with Gasteiger partial charge in [-0.15, -0.1) is 21.5 Å². The molecule has 10 heteroatoms. The Morgan fingerprint density at radius 2 is 2.20 bits per heavy atom. The lowest BCUT2D eigenvalue weighted by atomic mass is 10.1. The number of halogens is 1. The number of hydrogen-bond acceptors (Lipinski definition) is 7. The van der Waals surface area contributed by atoms with Crippen molar-refractivity contribution in [1.29, 1.82) is 0 Å². The van der Waals surface area contributed by atoms with E-state index in [9.17, 15) is 4.79 Å². The van der Waals surface area contributed by atoms with Crippen LogP contribution in [0.1, 0.15) is 10.4 Å². The fourth-order valence-corrected chi connectivity index (χ4v) is 6.33. The van der Waals surface area contributed by atoms with Gasteiger partial charge in [0.2, 0.25) is 5.78 Å². The van der Waals surface area contributed by atoms with E-state index in [1.165, 1.54) is 4.88 Å². The third kappa shape index (κ3) is 3.25. The Labute approximate surface area is 186 Å². The summed E-state index contributed by atoms with van der Waals surface area (Å²) in [5, 5.41) is 10.9. The predicted molar refractivity (Wildman–Crippen MR) is 122 cm³/mol. The van der Waals surface area contributed by atoms with Crippen molar-refractivity contribution in [1.82, 2.24) is 24.1 Å². The zero-order valence-corrected chi connectivity index (χ0v) is 19.0. The molecule has 1 aromatic carbocycles. The van der Waals surface area contributed by atoms with Crippen LogP contribution in [0.2, 0.25) is 5.02 Å². The molecule has 0 N–H and O–H groups in total. The van der Waals surface area contributed by atoms with E-state index in [-0.39, 0.29) is 5.56 Å². The highest BCUT2D eigenvalue weighted by Gasteiger charge is 2.26. The number of aromatic nitrogens is 4. The summed E-state index contributed by atoms with van der Waals surface area (Å²) in [6, 6.07) is 7.29. The number of likely N-dealkylation sites (N-methyl/N-ethyl adjacent to an activating group) is 1. The number of ether oxygens (including phenoxy) is 1. The number of thioether (sulfide) groups is 1. The Morgan fingerprint density at radius 1 is 1.33 bits per heavy atom. The van der Waals surface area contributed by atoms with Crippen LogP contribution in [0.5, 0.6) is 0 Å². The van der Waals surface area contributed by atoms with E-state index < -0.39 is 0 Å². The van der Waals surface area contributed by atoms with Gasteiger partial charge in [0, 0.05) is 35.9 Å². The smallest absolute Gasteiger partial charge is 0.268 e. The van der Waals surface area contributed by atoms with Gasteiger partial charge in [0.15, 0.2) is 5.16 Å². The van der Waals surface area contributed by atoms with E-state index in [1.54, 1.807) is 46.9 Å². The molecule has 0 unspecified atom stereocenters. The van der Waals surface area contributed by atoms with Gasteiger partial charge in [-0.2, -0.15) is 0 Å². The van der Waals surface area contributed by atoms with Gasteiger partial charge in [0.05, 0.1) is 17.7 Å². The Morgan fingerprint density at radius 3 is 3.00 bits per heavy atom. The van der Waals surface area contributed by atoms with E-state index in [0.717, 1.165) is 46.2 Å². The third-order valence-electron chi connectivity index (χ3n) is 5.25. The second-order valence-electron chi connectivity index (χ2n) is 7.25. The molecule has 1 aliphatic rings. The lowest BCUT2D eigenvalue weighted by Crippen LogP contribution is -2.27. The highest BCUT2D eigenvalue weighted by molar-refractivity contribution is 7.99. The Balaban J connectivity index is 1.85. The van der Waals surface area contributed by atoms with E-state index in [0.29, 0.717) is 23.1 Å². The number of hydrogen-bond donors (Lipinski definition) is 0. The fraction of sp³-hybridized carbons (Fsp3) is 0.350. The Hall–Kier alpha value is -1.91. The maximum absolute atomic E-state index is 13.7. The number of benzene rings is 1. The van der Waals surface area contributed by atoms with Crippen LogP contribution in [-0.2, 0) is 17.7 Å². The summed E-state index contributed by atoms with van der Waals surface area (Å²) in [5.41, 5.74) is 1.77. The summed E-state index contributed by atoms with van der Waals surface area (Å²) >= 11 is 9.48. The molecule has 0 saturated carbocycles. The SMILES string of the molecule is COCCSc1nnc2n(-c3cccc(Cl)c3)c(=O)c3c4c(sc3n12)CN(C)CC4. The molecule has 0 amide bonds. The first-order chi connectivity index (χ1) is 14.6. The molecule has 4 heterocycles. The van der Waals surface area contributed by atoms with Crippen LogP contribution in [0.4, 0.5) is 0 Å². The van der Waals surface area contributed by atoms with Gasteiger partial charge < -0.3 is 9.64 Å². The van der Waals surface area contributed by atoms with Crippen LogP contribution in [-0.4, -0.2) is 57.1 Å². The number of rotatable bonds is 5. The molecule has 1 aliphatic heterocycles. The molecular formula is C20H20ClN5O2S2. The molecule has 0 aliphatic carbocycles. The van der Waals surface area contributed by atoms with Gasteiger partial charge in [0.1, 0.15) is 4.83 Å². The number of fused-ring (bicyclic) bond motifs is 5. The van der Waals surface area contributed by atoms with Crippen LogP contribution in [0.25, 0.3) is 21.7 Å². The summed E-state index contributed by atoms with van der Waals surface area (Å²) < 4.78 is 8.84. The van der Waals surface area contributed by atoms with E-state index in [2.05, 4.69) is 22.1 Å². The average molecular weight is 462 g/mol. The Bertz CT molecular complexity index is 1310. The summed E-state index contributed by atoms with van der Waals surface area (Å²) in [7, 11) is 3.79. The van der Waals surface area contributed by atoms with Crippen molar-refractivity contribution < 1.29 is 4.74 Å². The molecule has 0 spiro atoms. The topological polar surface area (TPSA) is 64.7 Å². The summed E-state index contributed by atoms with van der Waals surface area (Å²) in [6.45, 7) is 2.40. The third-order valence-corrected chi connectivity index (χ3v) is 7.58. The van der Waals surface area contributed by atoms with Gasteiger partial charge in [-0.05, 0) is 37.2 Å². The zero-order valence-electron chi connectivity index (χ0n) is 16.6. The average Bonchev–Trinajstić information content (AvgIpc) is 3.29. The van der Waals surface area contributed by atoms with Crippen molar-refractivity contribution in [3.05, 3.63) is 50.1 Å². The summed E-state index contributed by atoms with van der Waals surface area (Å²) in [5.74, 6) is 1.25. The zero-order chi connectivity index (χ0) is 20.8. The van der Waals surface area contributed by atoms with Gasteiger partial charge in [-0.1, -0.05) is 29.4 Å². The van der Waals surface area contributed by atoms with Gasteiger partial charge in [-0.25, -0.2) is 8.97 Å². The molecule has 4 aromatic rings. The molecule has 0 saturated heterocycles. The normalized spacial score (nSPS) is 14.6. The van der Waals surface area contributed by atoms with Gasteiger partial charge in [-0.3, -0.25) is 4.79 Å². The fourth-order valence-electron chi connectivity index (χ4n) is 3.84. The number of nitrogens with zero attached hydrogens (tertiary/aromatic N) is 5. The molecule has 0 radical (unpaired) electrons. The second-order valence-corrected chi connectivity index (χ2v) is 9.83. The molecule has 0 atom stereocenters. The highest BCUT2D eigenvalue weighted by atomic mass is 35.5. The van der Waals surface area contributed by atoms with Crippen LogP contribution >= 0.6 is 34.7 Å². The largest absolute Gasteiger partial charge is 0.384 e. The highest BCUT2D eigenvalue weighted by Crippen LogP contribution is 2.35. The number of thiophene rings is 1. The van der Waals surface area contributed by atoms with E-state index >= 15 is 0 Å². The second kappa shape index (κ2) is 7.97. The van der Waals surface area contributed by atoms with Crippen molar-refractivity contribution in [3.8, 4) is 5.69 Å². The lowest BCUT2D eigenvalue weighted by Gasteiger charge is -2.21. The maximum Gasteiger partial charge on any atom is 0.268 e. The molecule has 0 bridgehead atoms. The minimum atomic E-state index is -0.0670. The molecule has 3 aromatic heterocycles. The lowest BCUT2D eigenvalue weighted by molar-refractivity contribution is 0.218. The van der Waals surface area contributed by atoms with Crippen molar-refractivity contribution in [2.24, 2.45) is 0 Å². The summed E-state index contributed by atoms with van der Waals surface area (Å²) in [4.78, 5) is 18.2. The van der Waals surface area contributed by atoms with Crippen molar-refractivity contribution in [3.63, 3.8) is 0 Å². The minimum absolute atomic E-state index is 0.0670. The molecule has 7 nitrogen and oxygen atoms in total. The predicted octanol–water partition coefficient (Wildman–Crippen LogP) is 3.47. The van der Waals surface area contributed by atoms with Crippen LogP contribution in [0.3, 0.4) is 0 Å². The van der Waals surface area contributed by atoms with Crippen LogP contribution < -0.4 is 5.56 Å². The van der Waals surface area contributed by atoms with Gasteiger partial charge >= 0.3 is 0 Å². The number of methoxy groups -OCH3 is 1. The van der Waals surface area contributed by atoms with Crippen molar-refractivity contribution in [2.75, 3.05) is 33.1 Å². The first-order valence-electron chi connectivity index (χ1n) is 9.59. The monoisotopic (exact) mass is 461 g/mol. The first-order valence-corrected chi connectivity index (χ1v) is 11.8.